The number of aryl methyl sites for hydroxylation is 1. The maximum Gasteiger partial charge on any atom is 0.249 e. The molecule has 106 valence electrons. The van der Waals surface area contributed by atoms with E-state index < -0.39 is 0 Å². The summed E-state index contributed by atoms with van der Waals surface area (Å²) in [4.78, 5) is 18.6. The van der Waals surface area contributed by atoms with Crippen molar-refractivity contribution in [1.82, 2.24) is 14.6 Å². The zero-order valence-electron chi connectivity index (χ0n) is 11.5. The third-order valence-corrected chi connectivity index (χ3v) is 4.56. The number of hydrogen-bond acceptors (Lipinski definition) is 4. The zero-order valence-corrected chi connectivity index (χ0v) is 12.4. The van der Waals surface area contributed by atoms with Crippen molar-refractivity contribution in [1.29, 1.82) is 0 Å². The van der Waals surface area contributed by atoms with Gasteiger partial charge >= 0.3 is 0 Å². The van der Waals surface area contributed by atoms with Crippen LogP contribution in [0.2, 0.25) is 0 Å². The van der Waals surface area contributed by atoms with Crippen LogP contribution in [0.4, 0.5) is 5.95 Å². The summed E-state index contributed by atoms with van der Waals surface area (Å²) >= 11 is 1.72. The first-order valence-electron chi connectivity index (χ1n) is 6.94. The molecule has 1 saturated carbocycles. The first-order chi connectivity index (χ1) is 10.2. The molecule has 1 aliphatic rings. The van der Waals surface area contributed by atoms with Crippen molar-refractivity contribution < 1.29 is 4.79 Å². The van der Waals surface area contributed by atoms with Gasteiger partial charge in [0.05, 0.1) is 10.6 Å². The number of hydrogen-bond donors (Lipinski definition) is 1. The number of fused-ring (bicyclic) bond motifs is 1. The predicted molar refractivity (Wildman–Crippen MR) is 82.4 cm³/mol. The summed E-state index contributed by atoms with van der Waals surface area (Å²) in [5.74, 6) is 0.558. The Morgan fingerprint density at radius 1 is 1.33 bits per heavy atom. The number of amides is 1. The number of pyridine rings is 1. The lowest BCUT2D eigenvalue weighted by atomic mass is 10.3. The number of nitrogens with zero attached hydrogens (tertiary/aromatic N) is 3. The summed E-state index contributed by atoms with van der Waals surface area (Å²) in [5, 5.41) is 7.23. The van der Waals surface area contributed by atoms with E-state index in [0.717, 1.165) is 29.1 Å². The van der Waals surface area contributed by atoms with Crippen LogP contribution in [0.25, 0.3) is 16.2 Å². The molecular formula is C15H14N4OS. The maximum atomic E-state index is 11.8. The summed E-state index contributed by atoms with van der Waals surface area (Å²) in [5.41, 5.74) is 1.73. The van der Waals surface area contributed by atoms with Crippen LogP contribution in [0, 0.1) is 12.8 Å². The van der Waals surface area contributed by atoms with Crippen LogP contribution >= 0.6 is 11.3 Å². The van der Waals surface area contributed by atoms with Crippen molar-refractivity contribution >= 4 is 28.8 Å². The third kappa shape index (κ3) is 2.31. The van der Waals surface area contributed by atoms with Gasteiger partial charge in [0.2, 0.25) is 11.9 Å². The minimum atomic E-state index is 0.0272. The average Bonchev–Trinajstić information content (AvgIpc) is 3.11. The average molecular weight is 298 g/mol. The Labute approximate surface area is 125 Å². The number of rotatable bonds is 3. The van der Waals surface area contributed by atoms with Gasteiger partial charge in [-0.05, 0) is 44.0 Å². The van der Waals surface area contributed by atoms with Crippen LogP contribution in [-0.4, -0.2) is 20.5 Å². The topological polar surface area (TPSA) is 59.3 Å². The first-order valence-corrected chi connectivity index (χ1v) is 7.76. The molecule has 6 heteroatoms. The van der Waals surface area contributed by atoms with Crippen LogP contribution in [0.3, 0.4) is 0 Å². The monoisotopic (exact) mass is 298 g/mol. The minimum absolute atomic E-state index is 0.0272. The van der Waals surface area contributed by atoms with E-state index in [0.29, 0.717) is 5.95 Å². The second-order valence-corrected chi connectivity index (χ2v) is 6.58. The van der Waals surface area contributed by atoms with E-state index in [2.05, 4.69) is 34.5 Å². The van der Waals surface area contributed by atoms with Gasteiger partial charge in [-0.2, -0.15) is 4.98 Å². The molecule has 4 rings (SSSR count). The Morgan fingerprint density at radius 3 is 2.90 bits per heavy atom. The Kier molecular flexibility index (Phi) is 2.78. The van der Waals surface area contributed by atoms with E-state index in [1.807, 2.05) is 18.2 Å². The number of carbonyl (C=O) groups excluding carboxylic acids is 1. The van der Waals surface area contributed by atoms with Crippen molar-refractivity contribution in [2.24, 2.45) is 5.92 Å². The van der Waals surface area contributed by atoms with Gasteiger partial charge < -0.3 is 0 Å². The smallest absolute Gasteiger partial charge is 0.249 e. The van der Waals surface area contributed by atoms with Gasteiger partial charge in [-0.1, -0.05) is 6.07 Å². The zero-order chi connectivity index (χ0) is 14.4. The lowest BCUT2D eigenvalue weighted by Gasteiger charge is -2.00. The van der Waals surface area contributed by atoms with Gasteiger partial charge in [-0.3, -0.25) is 10.1 Å². The van der Waals surface area contributed by atoms with Gasteiger partial charge in [0.15, 0.2) is 5.65 Å². The molecule has 0 aliphatic heterocycles. The van der Waals surface area contributed by atoms with Crippen LogP contribution in [-0.2, 0) is 4.79 Å². The standard InChI is InChI=1S/C15H14N4OS/c1-9-5-8-12(21-9)11-3-2-4-13-16-15(18-19(11)13)17-14(20)10-6-7-10/h2-5,8,10H,6-7H2,1H3,(H,17,18,20). The molecule has 1 aliphatic carbocycles. The van der Waals surface area contributed by atoms with Crippen LogP contribution in [0.1, 0.15) is 17.7 Å². The van der Waals surface area contributed by atoms with E-state index in [4.69, 9.17) is 0 Å². The van der Waals surface area contributed by atoms with Crippen molar-refractivity contribution in [2.45, 2.75) is 19.8 Å². The summed E-state index contributed by atoms with van der Waals surface area (Å²) in [6.45, 7) is 2.08. The van der Waals surface area contributed by atoms with Gasteiger partial charge in [-0.15, -0.1) is 16.4 Å². The molecule has 0 atom stereocenters. The summed E-state index contributed by atoms with van der Waals surface area (Å²) in [6.07, 6.45) is 1.94. The SMILES string of the molecule is Cc1ccc(-c2cccc3nc(NC(=O)C4CC4)nn23)s1. The van der Waals surface area contributed by atoms with Crippen LogP contribution in [0.5, 0.6) is 0 Å². The molecular weight excluding hydrogens is 284 g/mol. The van der Waals surface area contributed by atoms with Crippen molar-refractivity contribution in [3.8, 4) is 10.6 Å². The fourth-order valence-corrected chi connectivity index (χ4v) is 3.15. The highest BCUT2D eigenvalue weighted by Gasteiger charge is 2.30. The van der Waals surface area contributed by atoms with Crippen LogP contribution in [0.15, 0.2) is 30.3 Å². The molecule has 0 aromatic carbocycles. The maximum absolute atomic E-state index is 11.8. The fraction of sp³-hybridized carbons (Fsp3) is 0.267. The molecule has 0 bridgehead atoms. The molecule has 1 fully saturated rings. The van der Waals surface area contributed by atoms with Gasteiger partial charge in [0.25, 0.3) is 0 Å². The Hall–Kier alpha value is -2.21. The first kappa shape index (κ1) is 12.5. The molecule has 3 heterocycles. The molecule has 1 N–H and O–H groups in total. The lowest BCUT2D eigenvalue weighted by molar-refractivity contribution is -0.117. The van der Waals surface area contributed by atoms with Crippen molar-refractivity contribution in [3.63, 3.8) is 0 Å². The summed E-state index contributed by atoms with van der Waals surface area (Å²) in [6, 6.07) is 10.0. The molecule has 0 radical (unpaired) electrons. The van der Waals surface area contributed by atoms with E-state index in [1.54, 1.807) is 15.9 Å². The number of anilines is 1. The van der Waals surface area contributed by atoms with Gasteiger partial charge in [0, 0.05) is 10.8 Å². The minimum Gasteiger partial charge on any atom is -0.293 e. The number of nitrogens with one attached hydrogen (secondary N) is 1. The number of thiophene rings is 1. The summed E-state index contributed by atoms with van der Waals surface area (Å²) in [7, 11) is 0. The molecule has 3 aromatic rings. The Bertz CT molecular complexity index is 831. The molecule has 1 amide bonds. The normalized spacial score (nSPS) is 14.5. The Morgan fingerprint density at radius 2 is 2.19 bits per heavy atom. The molecule has 3 aromatic heterocycles. The van der Waals surface area contributed by atoms with Gasteiger partial charge in [0.1, 0.15) is 0 Å². The number of carbonyl (C=O) groups is 1. The molecule has 0 spiro atoms. The third-order valence-electron chi connectivity index (χ3n) is 3.54. The molecule has 5 nitrogen and oxygen atoms in total. The second-order valence-electron chi connectivity index (χ2n) is 5.29. The molecule has 21 heavy (non-hydrogen) atoms. The quantitative estimate of drug-likeness (QED) is 0.808. The summed E-state index contributed by atoms with van der Waals surface area (Å²) < 4.78 is 1.79. The van der Waals surface area contributed by atoms with E-state index >= 15 is 0 Å². The largest absolute Gasteiger partial charge is 0.293 e. The lowest BCUT2D eigenvalue weighted by Crippen LogP contribution is -2.14. The highest BCUT2D eigenvalue weighted by molar-refractivity contribution is 7.15. The van der Waals surface area contributed by atoms with E-state index in [9.17, 15) is 4.79 Å². The molecule has 0 unspecified atom stereocenters. The van der Waals surface area contributed by atoms with Crippen LogP contribution < -0.4 is 5.32 Å². The fourth-order valence-electron chi connectivity index (χ4n) is 2.27. The highest BCUT2D eigenvalue weighted by Crippen LogP contribution is 2.30. The van der Waals surface area contributed by atoms with E-state index in [-0.39, 0.29) is 11.8 Å². The van der Waals surface area contributed by atoms with E-state index in [1.165, 1.54) is 4.88 Å². The van der Waals surface area contributed by atoms with Crippen molar-refractivity contribution in [3.05, 3.63) is 35.2 Å². The Balaban J connectivity index is 1.74. The highest BCUT2D eigenvalue weighted by atomic mass is 32.1. The van der Waals surface area contributed by atoms with Crippen molar-refractivity contribution in [2.75, 3.05) is 5.32 Å². The number of aromatic nitrogens is 3. The molecule has 0 saturated heterocycles. The van der Waals surface area contributed by atoms with Gasteiger partial charge in [-0.25, -0.2) is 4.52 Å². The second kappa shape index (κ2) is 4.66. The predicted octanol–water partition coefficient (Wildman–Crippen LogP) is 3.11.